The minimum atomic E-state index is -0.628. The number of rotatable bonds is 18. The highest BCUT2D eigenvalue weighted by Gasteiger charge is 2.33. The zero-order chi connectivity index (χ0) is 21.8. The van der Waals surface area contributed by atoms with Gasteiger partial charge in [-0.3, -0.25) is 0 Å². The van der Waals surface area contributed by atoms with Gasteiger partial charge in [0.2, 0.25) is 0 Å². The van der Waals surface area contributed by atoms with Crippen molar-refractivity contribution < 1.29 is 4.79 Å². The van der Waals surface area contributed by atoms with E-state index >= 15 is 0 Å². The number of nitriles is 1. The predicted octanol–water partition coefficient (Wildman–Crippen LogP) is 7.77. The fraction of sp³-hybridized carbons (Fsp3) is 0.923. The Morgan fingerprint density at radius 1 is 0.733 bits per heavy atom. The zero-order valence-corrected chi connectivity index (χ0v) is 19.9. The number of hydrogen-bond acceptors (Lipinski definition) is 2. The van der Waals surface area contributed by atoms with Gasteiger partial charge in [0, 0.05) is 6.54 Å². The fourth-order valence-corrected chi connectivity index (χ4v) is 4.56. The summed E-state index contributed by atoms with van der Waals surface area (Å²) in [4.78, 5) is 12.1. The van der Waals surface area contributed by atoms with Crippen molar-refractivity contribution in [2.75, 3.05) is 6.54 Å². The summed E-state index contributed by atoms with van der Waals surface area (Å²) in [6, 6.07) is 2.17. The summed E-state index contributed by atoms with van der Waals surface area (Å²) in [5, 5.41) is 15.3. The molecular formula is C26H49N3O. The normalized spacial score (nSPS) is 15.5. The van der Waals surface area contributed by atoms with E-state index in [4.69, 9.17) is 0 Å². The van der Waals surface area contributed by atoms with Crippen LogP contribution in [0.1, 0.15) is 142 Å². The van der Waals surface area contributed by atoms with E-state index in [2.05, 4.69) is 23.6 Å². The molecular weight excluding hydrogens is 370 g/mol. The van der Waals surface area contributed by atoms with Gasteiger partial charge in [-0.1, -0.05) is 122 Å². The first-order chi connectivity index (χ1) is 14.7. The molecule has 1 fully saturated rings. The lowest BCUT2D eigenvalue weighted by molar-refractivity contribution is 0.222. The Hall–Kier alpha value is -1.24. The monoisotopic (exact) mass is 419 g/mol. The third-order valence-electron chi connectivity index (χ3n) is 6.59. The molecule has 0 aromatic heterocycles. The van der Waals surface area contributed by atoms with E-state index in [0.29, 0.717) is 6.54 Å². The summed E-state index contributed by atoms with van der Waals surface area (Å²) in [6.45, 7) is 2.99. The number of unbranched alkanes of at least 4 members (excludes halogenated alkanes) is 15. The van der Waals surface area contributed by atoms with Crippen LogP contribution in [0.2, 0.25) is 0 Å². The third-order valence-corrected chi connectivity index (χ3v) is 6.59. The number of carbonyl (C=O) groups excluding carboxylic acids is 1. The van der Waals surface area contributed by atoms with Crippen LogP contribution in [0.15, 0.2) is 0 Å². The van der Waals surface area contributed by atoms with Gasteiger partial charge in [0.05, 0.1) is 6.07 Å². The minimum absolute atomic E-state index is 0.167. The van der Waals surface area contributed by atoms with Crippen molar-refractivity contribution in [3.8, 4) is 6.07 Å². The highest BCUT2D eigenvalue weighted by molar-refractivity contribution is 5.75. The molecule has 0 aliphatic heterocycles. The molecule has 1 aliphatic carbocycles. The lowest BCUT2D eigenvalue weighted by Gasteiger charge is -2.31. The predicted molar refractivity (Wildman–Crippen MR) is 128 cm³/mol. The van der Waals surface area contributed by atoms with Crippen molar-refractivity contribution >= 4 is 6.03 Å². The van der Waals surface area contributed by atoms with Gasteiger partial charge in [0.15, 0.2) is 0 Å². The SMILES string of the molecule is CCCCCCCCCCCCCCCCCCNC(=O)NC1(C#N)CCCCC1. The molecule has 1 saturated carbocycles. The number of urea groups is 1. The summed E-state index contributed by atoms with van der Waals surface area (Å²) in [5.41, 5.74) is -0.628. The standard InChI is InChI=1S/C26H49N3O/c1-2-3-4-5-6-7-8-9-10-11-12-13-14-15-16-20-23-28-25(30)29-26(24-27)21-18-17-19-22-26/h2-23H2,1H3,(H2,28,29,30). The second-order valence-corrected chi connectivity index (χ2v) is 9.44. The lowest BCUT2D eigenvalue weighted by atomic mass is 9.83. The highest BCUT2D eigenvalue weighted by atomic mass is 16.2. The zero-order valence-electron chi connectivity index (χ0n) is 19.9. The first kappa shape index (κ1) is 26.8. The fourth-order valence-electron chi connectivity index (χ4n) is 4.56. The molecule has 0 aromatic rings. The van der Waals surface area contributed by atoms with Crippen LogP contribution in [0.25, 0.3) is 0 Å². The maximum absolute atomic E-state index is 12.1. The van der Waals surface area contributed by atoms with E-state index in [1.807, 2.05) is 0 Å². The molecule has 4 heteroatoms. The van der Waals surface area contributed by atoms with Gasteiger partial charge in [0.1, 0.15) is 5.54 Å². The van der Waals surface area contributed by atoms with Crippen molar-refractivity contribution in [3.63, 3.8) is 0 Å². The van der Waals surface area contributed by atoms with Gasteiger partial charge < -0.3 is 10.6 Å². The molecule has 30 heavy (non-hydrogen) atoms. The Morgan fingerprint density at radius 2 is 1.17 bits per heavy atom. The van der Waals surface area contributed by atoms with Crippen molar-refractivity contribution in [1.29, 1.82) is 5.26 Å². The van der Waals surface area contributed by atoms with Crippen molar-refractivity contribution in [3.05, 3.63) is 0 Å². The molecule has 4 nitrogen and oxygen atoms in total. The molecule has 0 saturated heterocycles. The first-order valence-corrected chi connectivity index (χ1v) is 13.2. The molecule has 1 rings (SSSR count). The second kappa shape index (κ2) is 18.5. The Bertz CT molecular complexity index is 452. The molecule has 2 amide bonds. The molecule has 1 aliphatic rings. The Balaban J connectivity index is 1.81. The van der Waals surface area contributed by atoms with Crippen LogP contribution in [0, 0.1) is 11.3 Å². The summed E-state index contributed by atoms with van der Waals surface area (Å²) in [7, 11) is 0. The van der Waals surface area contributed by atoms with E-state index in [-0.39, 0.29) is 6.03 Å². The molecule has 0 atom stereocenters. The number of nitrogens with zero attached hydrogens (tertiary/aromatic N) is 1. The van der Waals surface area contributed by atoms with Gasteiger partial charge in [0.25, 0.3) is 0 Å². The lowest BCUT2D eigenvalue weighted by Crippen LogP contribution is -2.52. The smallest absolute Gasteiger partial charge is 0.316 e. The van der Waals surface area contributed by atoms with Gasteiger partial charge >= 0.3 is 6.03 Å². The number of nitrogens with one attached hydrogen (secondary N) is 2. The second-order valence-electron chi connectivity index (χ2n) is 9.44. The number of carbonyl (C=O) groups is 1. The van der Waals surface area contributed by atoms with Crippen molar-refractivity contribution in [1.82, 2.24) is 10.6 Å². The molecule has 0 aromatic carbocycles. The summed E-state index contributed by atoms with van der Waals surface area (Å²) in [5.74, 6) is 0. The largest absolute Gasteiger partial charge is 0.338 e. The van der Waals surface area contributed by atoms with Crippen molar-refractivity contribution in [2.45, 2.75) is 147 Å². The summed E-state index contributed by atoms with van der Waals surface area (Å²) >= 11 is 0. The van der Waals surface area contributed by atoms with E-state index in [9.17, 15) is 10.1 Å². The third kappa shape index (κ3) is 13.9. The highest BCUT2D eigenvalue weighted by Crippen LogP contribution is 2.27. The van der Waals surface area contributed by atoms with Gasteiger partial charge in [-0.25, -0.2) is 4.79 Å². The maximum Gasteiger partial charge on any atom is 0.316 e. The van der Waals surface area contributed by atoms with Crippen LogP contribution in [-0.2, 0) is 0 Å². The number of hydrogen-bond donors (Lipinski definition) is 2. The van der Waals surface area contributed by atoms with E-state index < -0.39 is 5.54 Å². The average Bonchev–Trinajstić information content (AvgIpc) is 2.76. The van der Waals surface area contributed by atoms with Gasteiger partial charge in [-0.15, -0.1) is 0 Å². The summed E-state index contributed by atoms with van der Waals surface area (Å²) in [6.07, 6.45) is 26.5. The van der Waals surface area contributed by atoms with Crippen LogP contribution in [0.5, 0.6) is 0 Å². The topological polar surface area (TPSA) is 64.9 Å². The Kier molecular flexibility index (Phi) is 16.5. The Morgan fingerprint density at radius 3 is 1.60 bits per heavy atom. The summed E-state index contributed by atoms with van der Waals surface area (Å²) < 4.78 is 0. The van der Waals surface area contributed by atoms with Crippen LogP contribution in [0.4, 0.5) is 4.79 Å². The van der Waals surface area contributed by atoms with Crippen LogP contribution < -0.4 is 10.6 Å². The number of amides is 2. The van der Waals surface area contributed by atoms with Crippen LogP contribution in [-0.4, -0.2) is 18.1 Å². The van der Waals surface area contributed by atoms with E-state index in [1.54, 1.807) is 0 Å². The molecule has 2 N–H and O–H groups in total. The minimum Gasteiger partial charge on any atom is -0.338 e. The maximum atomic E-state index is 12.1. The quantitative estimate of drug-likeness (QED) is 0.223. The molecule has 0 bridgehead atoms. The Labute approximate surface area is 187 Å². The molecule has 174 valence electrons. The molecule has 0 heterocycles. The van der Waals surface area contributed by atoms with Gasteiger partial charge in [-0.05, 0) is 19.3 Å². The van der Waals surface area contributed by atoms with Crippen LogP contribution >= 0.6 is 0 Å². The van der Waals surface area contributed by atoms with Gasteiger partial charge in [-0.2, -0.15) is 5.26 Å². The average molecular weight is 420 g/mol. The van der Waals surface area contributed by atoms with E-state index in [0.717, 1.165) is 32.1 Å². The first-order valence-electron chi connectivity index (χ1n) is 13.2. The van der Waals surface area contributed by atoms with Crippen LogP contribution in [0.3, 0.4) is 0 Å². The van der Waals surface area contributed by atoms with Crippen molar-refractivity contribution in [2.24, 2.45) is 0 Å². The molecule has 0 spiro atoms. The molecule has 0 radical (unpaired) electrons. The van der Waals surface area contributed by atoms with E-state index in [1.165, 1.54) is 103 Å². The molecule has 0 unspecified atom stereocenters.